The van der Waals surface area contributed by atoms with Gasteiger partial charge in [-0.2, -0.15) is 0 Å². The molecule has 2 bridgehead atoms. The molecule has 2 N–H and O–H groups in total. The standard InChI is InChI=1S/C8H14N2O2/c11-8(12)7-5-9-6-1-3-10(7)4-2-6/h6-7,9H,1-5H2,(H,11,12). The third kappa shape index (κ3) is 1.32. The number of nitrogens with zero attached hydrogens (tertiary/aromatic N) is 1. The molecule has 1 unspecified atom stereocenters. The zero-order chi connectivity index (χ0) is 8.55. The minimum absolute atomic E-state index is 0.294. The van der Waals surface area contributed by atoms with Gasteiger partial charge in [0.15, 0.2) is 0 Å². The lowest BCUT2D eigenvalue weighted by atomic mass is 10.1. The van der Waals surface area contributed by atoms with Crippen molar-refractivity contribution in [1.82, 2.24) is 10.2 Å². The van der Waals surface area contributed by atoms with E-state index in [1.54, 1.807) is 0 Å². The van der Waals surface area contributed by atoms with E-state index in [9.17, 15) is 4.79 Å². The maximum Gasteiger partial charge on any atom is 0.322 e. The fourth-order valence-electron chi connectivity index (χ4n) is 2.07. The number of carboxylic acids is 1. The van der Waals surface area contributed by atoms with E-state index in [1.165, 1.54) is 0 Å². The average Bonchev–Trinajstić information content (AvgIpc) is 2.36. The molecule has 0 aliphatic carbocycles. The summed E-state index contributed by atoms with van der Waals surface area (Å²) < 4.78 is 0. The van der Waals surface area contributed by atoms with Crippen LogP contribution in [0.3, 0.4) is 0 Å². The van der Waals surface area contributed by atoms with E-state index in [0.717, 1.165) is 25.9 Å². The summed E-state index contributed by atoms with van der Waals surface area (Å²) in [4.78, 5) is 12.9. The molecule has 3 heterocycles. The molecule has 3 rings (SSSR count). The number of carbonyl (C=O) groups is 1. The van der Waals surface area contributed by atoms with Gasteiger partial charge in [0.25, 0.3) is 0 Å². The first kappa shape index (κ1) is 8.01. The summed E-state index contributed by atoms with van der Waals surface area (Å²) in [6, 6.07) is 0.267. The van der Waals surface area contributed by atoms with Gasteiger partial charge in [-0.3, -0.25) is 9.69 Å². The van der Waals surface area contributed by atoms with Crippen molar-refractivity contribution < 1.29 is 9.90 Å². The number of nitrogens with one attached hydrogen (secondary N) is 1. The summed E-state index contributed by atoms with van der Waals surface area (Å²) in [5.41, 5.74) is 0. The molecule has 0 amide bonds. The quantitative estimate of drug-likeness (QED) is 0.557. The Balaban J connectivity index is 2.10. The fourth-order valence-corrected chi connectivity index (χ4v) is 2.07. The van der Waals surface area contributed by atoms with E-state index in [1.807, 2.05) is 0 Å². The van der Waals surface area contributed by atoms with E-state index in [0.29, 0.717) is 12.6 Å². The van der Waals surface area contributed by atoms with Gasteiger partial charge >= 0.3 is 5.97 Å². The Kier molecular flexibility index (Phi) is 2.02. The molecule has 1 atom stereocenters. The Morgan fingerprint density at radius 1 is 1.42 bits per heavy atom. The summed E-state index contributed by atoms with van der Waals surface area (Å²) in [6.45, 7) is 2.49. The van der Waals surface area contributed by atoms with Gasteiger partial charge in [0.2, 0.25) is 0 Å². The SMILES string of the molecule is O=C(O)C1CNC2CCN1CC2. The summed E-state index contributed by atoms with van der Waals surface area (Å²) in [5.74, 6) is -0.690. The lowest BCUT2D eigenvalue weighted by Gasteiger charge is -2.28. The first-order chi connectivity index (χ1) is 5.77. The Labute approximate surface area is 71.5 Å². The van der Waals surface area contributed by atoms with E-state index in [2.05, 4.69) is 10.2 Å². The van der Waals surface area contributed by atoms with E-state index in [4.69, 9.17) is 5.11 Å². The van der Waals surface area contributed by atoms with Crippen molar-refractivity contribution >= 4 is 5.97 Å². The second kappa shape index (κ2) is 3.03. The molecule has 0 aromatic heterocycles. The van der Waals surface area contributed by atoms with Crippen LogP contribution in [0.5, 0.6) is 0 Å². The van der Waals surface area contributed by atoms with Crippen molar-refractivity contribution in [3.63, 3.8) is 0 Å². The van der Waals surface area contributed by atoms with Crippen molar-refractivity contribution in [2.24, 2.45) is 0 Å². The highest BCUT2D eigenvalue weighted by atomic mass is 16.4. The van der Waals surface area contributed by atoms with Crippen molar-refractivity contribution in [2.45, 2.75) is 24.9 Å². The van der Waals surface area contributed by atoms with Crippen LogP contribution in [0.25, 0.3) is 0 Å². The molecular weight excluding hydrogens is 156 g/mol. The molecule has 0 radical (unpaired) electrons. The normalized spacial score (nSPS) is 40.8. The smallest absolute Gasteiger partial charge is 0.322 e. The van der Waals surface area contributed by atoms with Gasteiger partial charge in [-0.25, -0.2) is 0 Å². The zero-order valence-corrected chi connectivity index (χ0v) is 6.99. The topological polar surface area (TPSA) is 52.6 Å². The zero-order valence-electron chi connectivity index (χ0n) is 6.99. The predicted molar refractivity (Wildman–Crippen MR) is 44.0 cm³/mol. The minimum Gasteiger partial charge on any atom is -0.480 e. The molecule has 3 fully saturated rings. The fraction of sp³-hybridized carbons (Fsp3) is 0.875. The highest BCUT2D eigenvalue weighted by Gasteiger charge is 2.33. The van der Waals surface area contributed by atoms with Crippen LogP contribution in [0.2, 0.25) is 0 Å². The van der Waals surface area contributed by atoms with Crippen molar-refractivity contribution in [1.29, 1.82) is 0 Å². The number of fused-ring (bicyclic) bond motifs is 4. The summed E-state index contributed by atoms with van der Waals surface area (Å²) in [6.07, 6.45) is 2.20. The number of carboxylic acid groups (broad SMARTS) is 1. The molecule has 0 spiro atoms. The van der Waals surface area contributed by atoms with Crippen LogP contribution < -0.4 is 5.32 Å². The largest absolute Gasteiger partial charge is 0.480 e. The molecule has 12 heavy (non-hydrogen) atoms. The van der Waals surface area contributed by atoms with Gasteiger partial charge in [0, 0.05) is 25.7 Å². The number of aliphatic carboxylic acids is 1. The second-order valence-electron chi connectivity index (χ2n) is 3.57. The number of hydrogen-bond acceptors (Lipinski definition) is 3. The van der Waals surface area contributed by atoms with Crippen LogP contribution in [-0.4, -0.2) is 47.7 Å². The Bertz CT molecular complexity index is 187. The maximum absolute atomic E-state index is 10.8. The van der Waals surface area contributed by atoms with Crippen molar-refractivity contribution in [2.75, 3.05) is 19.6 Å². The van der Waals surface area contributed by atoms with Crippen LogP contribution in [0.4, 0.5) is 0 Å². The van der Waals surface area contributed by atoms with Gasteiger partial charge in [0.05, 0.1) is 0 Å². The van der Waals surface area contributed by atoms with Gasteiger partial charge in [-0.05, 0) is 12.8 Å². The van der Waals surface area contributed by atoms with Gasteiger partial charge in [0.1, 0.15) is 6.04 Å². The molecule has 4 heteroatoms. The molecule has 0 aromatic rings. The predicted octanol–water partition coefficient (Wildman–Crippen LogP) is -0.493. The summed E-state index contributed by atoms with van der Waals surface area (Å²) >= 11 is 0. The number of piperidine rings is 1. The number of rotatable bonds is 1. The van der Waals surface area contributed by atoms with Crippen molar-refractivity contribution in [3.05, 3.63) is 0 Å². The maximum atomic E-state index is 10.8. The molecule has 3 aliphatic heterocycles. The van der Waals surface area contributed by atoms with E-state index >= 15 is 0 Å². The van der Waals surface area contributed by atoms with Gasteiger partial charge < -0.3 is 10.4 Å². The van der Waals surface area contributed by atoms with Gasteiger partial charge in [-0.1, -0.05) is 0 Å². The third-order valence-electron chi connectivity index (χ3n) is 2.86. The summed E-state index contributed by atoms with van der Waals surface area (Å²) in [7, 11) is 0. The minimum atomic E-state index is -0.690. The van der Waals surface area contributed by atoms with Crippen LogP contribution >= 0.6 is 0 Å². The third-order valence-corrected chi connectivity index (χ3v) is 2.86. The molecular formula is C8H14N2O2. The summed E-state index contributed by atoms with van der Waals surface area (Å²) in [5, 5.41) is 12.2. The molecule has 0 saturated carbocycles. The number of hydrogen-bond donors (Lipinski definition) is 2. The molecule has 3 saturated heterocycles. The van der Waals surface area contributed by atoms with Gasteiger partial charge in [-0.15, -0.1) is 0 Å². The Hall–Kier alpha value is -0.610. The molecule has 0 aromatic carbocycles. The second-order valence-corrected chi connectivity index (χ2v) is 3.57. The van der Waals surface area contributed by atoms with Crippen LogP contribution in [-0.2, 0) is 4.79 Å². The first-order valence-electron chi connectivity index (χ1n) is 4.47. The first-order valence-corrected chi connectivity index (χ1v) is 4.47. The van der Waals surface area contributed by atoms with Crippen LogP contribution in [0, 0.1) is 0 Å². The van der Waals surface area contributed by atoms with E-state index < -0.39 is 5.97 Å². The Morgan fingerprint density at radius 3 is 2.67 bits per heavy atom. The molecule has 4 nitrogen and oxygen atoms in total. The molecule has 3 aliphatic rings. The lowest BCUT2D eigenvalue weighted by Crippen LogP contribution is -2.44. The lowest BCUT2D eigenvalue weighted by molar-refractivity contribution is -0.142. The van der Waals surface area contributed by atoms with Crippen LogP contribution in [0.15, 0.2) is 0 Å². The van der Waals surface area contributed by atoms with Crippen LogP contribution in [0.1, 0.15) is 12.8 Å². The average molecular weight is 170 g/mol. The Morgan fingerprint density at radius 2 is 2.08 bits per heavy atom. The molecule has 68 valence electrons. The van der Waals surface area contributed by atoms with Crippen molar-refractivity contribution in [3.8, 4) is 0 Å². The highest BCUT2D eigenvalue weighted by molar-refractivity contribution is 5.73. The highest BCUT2D eigenvalue weighted by Crippen LogP contribution is 2.17. The monoisotopic (exact) mass is 170 g/mol. The van der Waals surface area contributed by atoms with E-state index in [-0.39, 0.29) is 6.04 Å².